The Morgan fingerprint density at radius 3 is 2.92 bits per heavy atom. The molecule has 12 heavy (non-hydrogen) atoms. The fourth-order valence-electron chi connectivity index (χ4n) is 1.04. The Bertz CT molecular complexity index is 417. The summed E-state index contributed by atoms with van der Waals surface area (Å²) in [5.41, 5.74) is 9.73. The molecule has 0 N–H and O–H groups in total. The van der Waals surface area contributed by atoms with Gasteiger partial charge in [0.15, 0.2) is 0 Å². The van der Waals surface area contributed by atoms with Crippen molar-refractivity contribution in [2.45, 2.75) is 0 Å². The standard InChI is InChI=1S/C7H3ClN4/c8-4-2-1-3-5-6(4)7(10-9)12-11-5/h1-3H. The van der Waals surface area contributed by atoms with Crippen molar-refractivity contribution in [1.82, 2.24) is 0 Å². The van der Waals surface area contributed by atoms with Gasteiger partial charge in [0.1, 0.15) is 11.3 Å². The van der Waals surface area contributed by atoms with Crippen LogP contribution in [0.5, 0.6) is 0 Å². The van der Waals surface area contributed by atoms with Crippen molar-refractivity contribution in [1.29, 1.82) is 0 Å². The van der Waals surface area contributed by atoms with Crippen LogP contribution >= 0.6 is 11.6 Å². The van der Waals surface area contributed by atoms with Crippen LogP contribution in [-0.4, -0.2) is 10.6 Å². The first-order valence-electron chi connectivity index (χ1n) is 3.25. The quantitative estimate of drug-likeness (QED) is 0.433. The summed E-state index contributed by atoms with van der Waals surface area (Å²) in [7, 11) is 0. The van der Waals surface area contributed by atoms with Gasteiger partial charge < -0.3 is 10.3 Å². The summed E-state index contributed by atoms with van der Waals surface area (Å²) in [5, 5.41) is 7.88. The van der Waals surface area contributed by atoms with Gasteiger partial charge in [0.25, 0.3) is 0 Å². The lowest BCUT2D eigenvalue weighted by Gasteiger charge is -1.91. The van der Waals surface area contributed by atoms with Crippen LogP contribution in [0.1, 0.15) is 5.56 Å². The monoisotopic (exact) mass is 178 g/mol. The van der Waals surface area contributed by atoms with Crippen LogP contribution in [-0.2, 0) is 0 Å². The van der Waals surface area contributed by atoms with E-state index in [4.69, 9.17) is 17.1 Å². The molecule has 0 saturated carbocycles. The van der Waals surface area contributed by atoms with Crippen molar-refractivity contribution >= 4 is 23.1 Å². The number of fused-ring (bicyclic) bond motifs is 1. The van der Waals surface area contributed by atoms with E-state index in [1.165, 1.54) is 0 Å². The highest BCUT2D eigenvalue weighted by Gasteiger charge is 2.27. The third kappa shape index (κ3) is 0.863. The number of amidine groups is 1. The van der Waals surface area contributed by atoms with Crippen molar-refractivity contribution in [2.24, 2.45) is 10.2 Å². The molecule has 0 bridgehead atoms. The van der Waals surface area contributed by atoms with E-state index < -0.39 is 0 Å². The van der Waals surface area contributed by atoms with Crippen molar-refractivity contribution in [3.05, 3.63) is 34.3 Å². The maximum absolute atomic E-state index is 8.51. The summed E-state index contributed by atoms with van der Waals surface area (Å²) < 4.78 is 0. The van der Waals surface area contributed by atoms with Gasteiger partial charge in [-0.1, -0.05) is 17.7 Å². The largest absolute Gasteiger partial charge is 0.497 e. The predicted octanol–water partition coefficient (Wildman–Crippen LogP) is 2.41. The molecular formula is C7H3ClN4. The zero-order chi connectivity index (χ0) is 8.55. The van der Waals surface area contributed by atoms with Crippen LogP contribution in [0.2, 0.25) is 5.02 Å². The second kappa shape index (κ2) is 2.52. The topological polar surface area (TPSA) is 61.1 Å². The zero-order valence-corrected chi connectivity index (χ0v) is 6.65. The molecule has 0 amide bonds. The Hall–Kier alpha value is -1.51. The SMILES string of the molecule is [N-]=[N+]=C1N=Nc2cccc(Cl)c21. The highest BCUT2D eigenvalue weighted by Crippen LogP contribution is 2.31. The van der Waals surface area contributed by atoms with Crippen LogP contribution in [0, 0.1) is 0 Å². The molecule has 5 heteroatoms. The van der Waals surface area contributed by atoms with E-state index in [1.54, 1.807) is 18.2 Å². The zero-order valence-electron chi connectivity index (χ0n) is 5.90. The third-order valence-electron chi connectivity index (χ3n) is 1.56. The minimum absolute atomic E-state index is 0.163. The highest BCUT2D eigenvalue weighted by atomic mass is 35.5. The van der Waals surface area contributed by atoms with Crippen LogP contribution < -0.4 is 0 Å². The van der Waals surface area contributed by atoms with Gasteiger partial charge in [0.05, 0.1) is 10.1 Å². The molecule has 1 aromatic carbocycles. The van der Waals surface area contributed by atoms with Gasteiger partial charge in [-0.2, -0.15) is 0 Å². The summed E-state index contributed by atoms with van der Waals surface area (Å²) in [5.74, 6) is 0.163. The molecule has 2 rings (SSSR count). The first-order valence-corrected chi connectivity index (χ1v) is 3.63. The van der Waals surface area contributed by atoms with Gasteiger partial charge in [-0.3, -0.25) is 0 Å². The first kappa shape index (κ1) is 7.16. The lowest BCUT2D eigenvalue weighted by atomic mass is 10.2. The normalized spacial score (nSPS) is 12.9. The molecule has 1 aliphatic heterocycles. The third-order valence-corrected chi connectivity index (χ3v) is 1.88. The Morgan fingerprint density at radius 2 is 2.17 bits per heavy atom. The lowest BCUT2D eigenvalue weighted by Crippen LogP contribution is -1.93. The minimum atomic E-state index is 0.163. The fraction of sp³-hybridized carbons (Fsp3) is 0. The van der Waals surface area contributed by atoms with Gasteiger partial charge in [0.2, 0.25) is 0 Å². The number of hydrogen-bond acceptors (Lipinski definition) is 1. The number of azo groups is 1. The number of nitrogens with zero attached hydrogens (tertiary/aromatic N) is 4. The minimum Gasteiger partial charge on any atom is -0.497 e. The Balaban J connectivity index is 2.78. The molecule has 0 radical (unpaired) electrons. The summed E-state index contributed by atoms with van der Waals surface area (Å²) in [6.07, 6.45) is 0. The van der Waals surface area contributed by atoms with Gasteiger partial charge in [-0.25, -0.2) is 0 Å². The molecule has 1 aliphatic rings. The molecule has 0 saturated heterocycles. The maximum Gasteiger partial charge on any atom is 0.437 e. The van der Waals surface area contributed by atoms with E-state index >= 15 is 0 Å². The van der Waals surface area contributed by atoms with Gasteiger partial charge in [-0.05, 0) is 17.2 Å². The highest BCUT2D eigenvalue weighted by molar-refractivity contribution is 6.34. The predicted molar refractivity (Wildman–Crippen MR) is 43.7 cm³/mol. The Morgan fingerprint density at radius 1 is 1.33 bits per heavy atom. The van der Waals surface area contributed by atoms with E-state index in [2.05, 4.69) is 15.0 Å². The molecule has 0 fully saturated rings. The van der Waals surface area contributed by atoms with E-state index in [9.17, 15) is 0 Å². The van der Waals surface area contributed by atoms with E-state index in [0.29, 0.717) is 16.3 Å². The molecule has 58 valence electrons. The summed E-state index contributed by atoms with van der Waals surface area (Å²) in [6, 6.07) is 5.21. The number of benzene rings is 1. The molecular weight excluding hydrogens is 176 g/mol. The van der Waals surface area contributed by atoms with E-state index in [-0.39, 0.29) is 5.84 Å². The van der Waals surface area contributed by atoms with Crippen LogP contribution in [0.15, 0.2) is 28.4 Å². The van der Waals surface area contributed by atoms with Crippen molar-refractivity contribution in [3.8, 4) is 0 Å². The second-order valence-corrected chi connectivity index (χ2v) is 2.66. The smallest absolute Gasteiger partial charge is 0.437 e. The van der Waals surface area contributed by atoms with Gasteiger partial charge in [-0.15, -0.1) is 0 Å². The summed E-state index contributed by atoms with van der Waals surface area (Å²) in [6.45, 7) is 0. The van der Waals surface area contributed by atoms with E-state index in [1.807, 2.05) is 0 Å². The van der Waals surface area contributed by atoms with E-state index in [0.717, 1.165) is 0 Å². The number of rotatable bonds is 0. The first-order chi connectivity index (χ1) is 5.83. The maximum atomic E-state index is 8.51. The molecule has 1 aromatic rings. The molecule has 0 unspecified atom stereocenters. The summed E-state index contributed by atoms with van der Waals surface area (Å²) in [4.78, 5) is 2.96. The van der Waals surface area contributed by atoms with Crippen LogP contribution in [0.25, 0.3) is 5.53 Å². The average molecular weight is 179 g/mol. The van der Waals surface area contributed by atoms with Gasteiger partial charge >= 0.3 is 5.84 Å². The Kier molecular flexibility index (Phi) is 1.50. The second-order valence-electron chi connectivity index (χ2n) is 2.26. The molecule has 1 heterocycles. The lowest BCUT2D eigenvalue weighted by molar-refractivity contribution is -0.00544. The fourth-order valence-corrected chi connectivity index (χ4v) is 1.29. The summed E-state index contributed by atoms with van der Waals surface area (Å²) >= 11 is 5.83. The van der Waals surface area contributed by atoms with Crippen molar-refractivity contribution in [3.63, 3.8) is 0 Å². The molecule has 4 nitrogen and oxygen atoms in total. The number of hydrogen-bond donors (Lipinski definition) is 0. The molecule has 0 aliphatic carbocycles. The molecule has 0 aromatic heterocycles. The van der Waals surface area contributed by atoms with Crippen molar-refractivity contribution in [2.75, 3.05) is 0 Å². The molecule has 0 spiro atoms. The Labute approximate surface area is 73.1 Å². The number of halogens is 1. The average Bonchev–Trinajstić information content (AvgIpc) is 2.49. The van der Waals surface area contributed by atoms with Crippen LogP contribution in [0.3, 0.4) is 0 Å². The van der Waals surface area contributed by atoms with Crippen molar-refractivity contribution < 1.29 is 4.79 Å². The molecule has 0 atom stereocenters. The van der Waals surface area contributed by atoms with Gasteiger partial charge in [0, 0.05) is 0 Å². The van der Waals surface area contributed by atoms with Crippen LogP contribution in [0.4, 0.5) is 5.69 Å².